The molecule has 0 bridgehead atoms. The highest BCUT2D eigenvalue weighted by molar-refractivity contribution is 14.1. The molecule has 0 aliphatic carbocycles. The Bertz CT molecular complexity index is 824. The number of nitrogens with one attached hydrogen (secondary N) is 1. The average molecular weight is 490 g/mol. The Morgan fingerprint density at radius 2 is 1.73 bits per heavy atom. The number of rotatable bonds is 9. The Labute approximate surface area is 168 Å². The summed E-state index contributed by atoms with van der Waals surface area (Å²) in [6.07, 6.45) is 0. The Hall–Kier alpha value is -1.52. The summed E-state index contributed by atoms with van der Waals surface area (Å²) in [5.41, 5.74) is 0.423. The molecule has 0 aliphatic heterocycles. The van der Waals surface area contributed by atoms with Crippen LogP contribution < -0.4 is 14.2 Å². The van der Waals surface area contributed by atoms with E-state index < -0.39 is 10.0 Å². The van der Waals surface area contributed by atoms with Crippen LogP contribution in [0.5, 0.6) is 11.5 Å². The number of benzene rings is 2. The van der Waals surface area contributed by atoms with Crippen molar-refractivity contribution in [3.8, 4) is 11.5 Å². The summed E-state index contributed by atoms with van der Waals surface area (Å²) in [5.74, 6) is 1.10. The van der Waals surface area contributed by atoms with Crippen LogP contribution in [0.25, 0.3) is 0 Å². The third kappa shape index (κ3) is 6.03. The quantitative estimate of drug-likeness (QED) is 0.546. The summed E-state index contributed by atoms with van der Waals surface area (Å²) in [5, 5.41) is 0. The van der Waals surface area contributed by atoms with Gasteiger partial charge in [-0.3, -0.25) is 4.72 Å². The summed E-state index contributed by atoms with van der Waals surface area (Å²) < 4.78 is 39.9. The number of nitrogens with zero attached hydrogens (tertiary/aromatic N) is 1. The molecule has 0 unspecified atom stereocenters. The van der Waals surface area contributed by atoms with Gasteiger partial charge in [0.2, 0.25) is 0 Å². The molecule has 2 rings (SSSR count). The standard InChI is InChI=1S/C18H23IN2O4S/c1-4-24-18-13-15(7-10-17(18)25-12-11-21(2)3)20-26(22,23)16-8-5-14(19)6-9-16/h5-10,13,20H,4,11-12H2,1-3H3. The van der Waals surface area contributed by atoms with Crippen LogP contribution in [0.15, 0.2) is 47.4 Å². The van der Waals surface area contributed by atoms with E-state index in [1.807, 2.05) is 25.9 Å². The lowest BCUT2D eigenvalue weighted by Gasteiger charge is -2.16. The monoisotopic (exact) mass is 490 g/mol. The zero-order valence-electron chi connectivity index (χ0n) is 15.0. The van der Waals surface area contributed by atoms with Crippen molar-refractivity contribution in [3.63, 3.8) is 0 Å². The van der Waals surface area contributed by atoms with Crippen molar-refractivity contribution in [1.82, 2.24) is 4.90 Å². The van der Waals surface area contributed by atoms with E-state index in [1.165, 1.54) is 0 Å². The summed E-state index contributed by atoms with van der Waals surface area (Å²) in [7, 11) is 0.276. The average Bonchev–Trinajstić information content (AvgIpc) is 2.57. The van der Waals surface area contributed by atoms with Gasteiger partial charge in [-0.2, -0.15) is 0 Å². The zero-order valence-corrected chi connectivity index (χ0v) is 18.0. The number of likely N-dealkylation sites (N-methyl/N-ethyl adjacent to an activating group) is 1. The number of halogens is 1. The molecular formula is C18H23IN2O4S. The van der Waals surface area contributed by atoms with Gasteiger partial charge in [0.25, 0.3) is 10.0 Å². The van der Waals surface area contributed by atoms with Crippen molar-refractivity contribution in [3.05, 3.63) is 46.0 Å². The van der Waals surface area contributed by atoms with Gasteiger partial charge in [-0.25, -0.2) is 8.42 Å². The number of ether oxygens (including phenoxy) is 2. The van der Waals surface area contributed by atoms with E-state index in [1.54, 1.807) is 42.5 Å². The van der Waals surface area contributed by atoms with E-state index in [9.17, 15) is 8.42 Å². The maximum atomic E-state index is 12.5. The van der Waals surface area contributed by atoms with Gasteiger partial charge in [0.05, 0.1) is 17.2 Å². The summed E-state index contributed by atoms with van der Waals surface area (Å²) >= 11 is 2.13. The Balaban J connectivity index is 2.18. The fourth-order valence-electron chi connectivity index (χ4n) is 2.13. The highest BCUT2D eigenvalue weighted by atomic mass is 127. The number of hydrogen-bond donors (Lipinski definition) is 1. The van der Waals surface area contributed by atoms with E-state index in [0.717, 1.165) is 10.1 Å². The molecule has 0 atom stereocenters. The molecule has 0 amide bonds. The number of anilines is 1. The Morgan fingerprint density at radius 1 is 1.04 bits per heavy atom. The van der Waals surface area contributed by atoms with Crippen molar-refractivity contribution in [2.75, 3.05) is 38.6 Å². The zero-order chi connectivity index (χ0) is 19.2. The van der Waals surface area contributed by atoms with Gasteiger partial charge in [0.1, 0.15) is 6.61 Å². The van der Waals surface area contributed by atoms with Gasteiger partial charge >= 0.3 is 0 Å². The van der Waals surface area contributed by atoms with Crippen LogP contribution in [0.3, 0.4) is 0 Å². The molecule has 8 heteroatoms. The van der Waals surface area contributed by atoms with Crippen molar-refractivity contribution in [2.45, 2.75) is 11.8 Å². The molecule has 0 aliphatic rings. The van der Waals surface area contributed by atoms with Crippen LogP contribution in [0, 0.1) is 3.57 Å². The SMILES string of the molecule is CCOc1cc(NS(=O)(=O)c2ccc(I)cc2)ccc1OCCN(C)C. The van der Waals surface area contributed by atoms with Crippen LogP contribution in [0.2, 0.25) is 0 Å². The number of hydrogen-bond acceptors (Lipinski definition) is 5. The van der Waals surface area contributed by atoms with Gasteiger partial charge in [-0.1, -0.05) is 0 Å². The topological polar surface area (TPSA) is 67.9 Å². The lowest BCUT2D eigenvalue weighted by Crippen LogP contribution is -2.19. The molecule has 0 heterocycles. The highest BCUT2D eigenvalue weighted by Gasteiger charge is 2.15. The van der Waals surface area contributed by atoms with Crippen LogP contribution in [-0.2, 0) is 10.0 Å². The maximum absolute atomic E-state index is 12.5. The molecule has 1 N–H and O–H groups in total. The molecule has 2 aromatic carbocycles. The molecule has 2 aromatic rings. The van der Waals surface area contributed by atoms with Gasteiger partial charge in [-0.05, 0) is 80.0 Å². The second kappa shape index (κ2) is 9.43. The van der Waals surface area contributed by atoms with E-state index in [2.05, 4.69) is 27.3 Å². The van der Waals surface area contributed by atoms with Crippen molar-refractivity contribution >= 4 is 38.3 Å². The summed E-state index contributed by atoms with van der Waals surface area (Å²) in [6, 6.07) is 11.7. The normalized spacial score (nSPS) is 11.4. The minimum Gasteiger partial charge on any atom is -0.490 e. The smallest absolute Gasteiger partial charge is 0.261 e. The molecule has 0 aromatic heterocycles. The Morgan fingerprint density at radius 3 is 2.35 bits per heavy atom. The Kier molecular flexibility index (Phi) is 7.54. The first-order valence-corrected chi connectivity index (χ1v) is 10.7. The second-order valence-corrected chi connectivity index (χ2v) is 8.73. The van der Waals surface area contributed by atoms with Gasteiger partial charge in [0, 0.05) is 16.2 Å². The van der Waals surface area contributed by atoms with E-state index in [4.69, 9.17) is 9.47 Å². The van der Waals surface area contributed by atoms with Gasteiger partial charge in [0.15, 0.2) is 11.5 Å². The van der Waals surface area contributed by atoms with E-state index in [0.29, 0.717) is 30.4 Å². The predicted octanol–water partition coefficient (Wildman–Crippen LogP) is 3.43. The van der Waals surface area contributed by atoms with Crippen molar-refractivity contribution in [2.24, 2.45) is 0 Å². The molecule has 6 nitrogen and oxygen atoms in total. The fraction of sp³-hybridized carbons (Fsp3) is 0.333. The minimum absolute atomic E-state index is 0.210. The molecule has 0 spiro atoms. The largest absolute Gasteiger partial charge is 0.490 e. The molecule has 0 saturated heterocycles. The van der Waals surface area contributed by atoms with Crippen LogP contribution in [0.4, 0.5) is 5.69 Å². The second-order valence-electron chi connectivity index (χ2n) is 5.81. The summed E-state index contributed by atoms with van der Waals surface area (Å²) in [4.78, 5) is 2.23. The molecule has 142 valence electrons. The molecule has 0 saturated carbocycles. The van der Waals surface area contributed by atoms with Gasteiger partial charge in [-0.15, -0.1) is 0 Å². The molecular weight excluding hydrogens is 467 g/mol. The molecule has 26 heavy (non-hydrogen) atoms. The maximum Gasteiger partial charge on any atom is 0.261 e. The lowest BCUT2D eigenvalue weighted by molar-refractivity contribution is 0.244. The van der Waals surface area contributed by atoms with Crippen LogP contribution in [0.1, 0.15) is 6.92 Å². The van der Waals surface area contributed by atoms with Crippen molar-refractivity contribution < 1.29 is 17.9 Å². The predicted molar refractivity (Wildman–Crippen MR) is 112 cm³/mol. The van der Waals surface area contributed by atoms with Gasteiger partial charge < -0.3 is 14.4 Å². The van der Waals surface area contributed by atoms with E-state index in [-0.39, 0.29) is 4.90 Å². The van der Waals surface area contributed by atoms with Crippen LogP contribution in [-0.4, -0.2) is 47.2 Å². The highest BCUT2D eigenvalue weighted by Crippen LogP contribution is 2.31. The molecule has 0 radical (unpaired) electrons. The van der Waals surface area contributed by atoms with Crippen LogP contribution >= 0.6 is 22.6 Å². The minimum atomic E-state index is -3.66. The first kappa shape index (κ1) is 20.8. The third-order valence-electron chi connectivity index (χ3n) is 3.42. The summed E-state index contributed by atoms with van der Waals surface area (Å²) in [6.45, 7) is 3.61. The first-order valence-electron chi connectivity index (χ1n) is 8.14. The molecule has 0 fully saturated rings. The lowest BCUT2D eigenvalue weighted by atomic mass is 10.3. The fourth-order valence-corrected chi connectivity index (χ4v) is 3.53. The number of sulfonamides is 1. The first-order chi connectivity index (χ1) is 12.3. The van der Waals surface area contributed by atoms with E-state index >= 15 is 0 Å². The van der Waals surface area contributed by atoms with Crippen molar-refractivity contribution in [1.29, 1.82) is 0 Å². The third-order valence-corrected chi connectivity index (χ3v) is 5.53.